The lowest BCUT2D eigenvalue weighted by molar-refractivity contribution is -0.113. The maximum Gasteiger partial charge on any atom is 0.234 e. The molecule has 2 aromatic carbocycles. The van der Waals surface area contributed by atoms with Crippen LogP contribution in [0.25, 0.3) is 11.4 Å². The van der Waals surface area contributed by atoms with Crippen LogP contribution in [0.1, 0.15) is 5.56 Å². The van der Waals surface area contributed by atoms with E-state index in [1.54, 1.807) is 41.8 Å². The second-order valence-corrected chi connectivity index (χ2v) is 6.92. The van der Waals surface area contributed by atoms with Gasteiger partial charge in [0, 0.05) is 12.2 Å². The van der Waals surface area contributed by atoms with E-state index in [-0.39, 0.29) is 11.7 Å². The van der Waals surface area contributed by atoms with Crippen LogP contribution in [0.3, 0.4) is 0 Å². The highest BCUT2D eigenvalue weighted by molar-refractivity contribution is 7.99. The molecule has 1 aromatic heterocycles. The summed E-state index contributed by atoms with van der Waals surface area (Å²) < 4.78 is 29.2. The molecule has 0 fully saturated rings. The highest BCUT2D eigenvalue weighted by Gasteiger charge is 2.17. The Morgan fingerprint density at radius 1 is 1.25 bits per heavy atom. The van der Waals surface area contributed by atoms with E-state index in [1.807, 2.05) is 0 Å². The molecule has 1 heterocycles. The van der Waals surface area contributed by atoms with E-state index >= 15 is 0 Å². The Morgan fingerprint density at radius 2 is 2.04 bits per heavy atom. The van der Waals surface area contributed by atoms with Crippen molar-refractivity contribution in [3.63, 3.8) is 0 Å². The highest BCUT2D eigenvalue weighted by atomic mass is 32.2. The lowest BCUT2D eigenvalue weighted by Gasteiger charge is -2.10. The molecule has 0 atom stereocenters. The number of amides is 1. The van der Waals surface area contributed by atoms with Crippen LogP contribution < -0.4 is 5.32 Å². The van der Waals surface area contributed by atoms with Crippen LogP contribution in [-0.2, 0) is 11.3 Å². The third kappa shape index (κ3) is 4.45. The van der Waals surface area contributed by atoms with Crippen molar-refractivity contribution < 1.29 is 13.6 Å². The summed E-state index contributed by atoms with van der Waals surface area (Å²) in [6.45, 7) is 5.85. The van der Waals surface area contributed by atoms with Crippen molar-refractivity contribution in [3.05, 3.63) is 72.3 Å². The van der Waals surface area contributed by atoms with Gasteiger partial charge >= 0.3 is 0 Å². The molecule has 0 unspecified atom stereocenters. The van der Waals surface area contributed by atoms with Crippen LogP contribution in [0.2, 0.25) is 0 Å². The van der Waals surface area contributed by atoms with E-state index in [0.29, 0.717) is 28.8 Å². The number of thioether (sulfide) groups is 1. The molecule has 8 heteroatoms. The van der Waals surface area contributed by atoms with E-state index in [4.69, 9.17) is 0 Å². The maximum atomic E-state index is 14.1. The topological polar surface area (TPSA) is 59.8 Å². The first-order valence-electron chi connectivity index (χ1n) is 8.47. The van der Waals surface area contributed by atoms with Gasteiger partial charge in [-0.25, -0.2) is 8.78 Å². The Labute approximate surface area is 165 Å². The number of rotatable bonds is 7. The fraction of sp³-hybridized carbons (Fsp3) is 0.150. The number of aromatic nitrogens is 3. The van der Waals surface area contributed by atoms with Crippen molar-refractivity contribution in [1.29, 1.82) is 0 Å². The van der Waals surface area contributed by atoms with Crippen molar-refractivity contribution in [2.24, 2.45) is 0 Å². The molecule has 3 aromatic rings. The minimum atomic E-state index is -0.422. The number of hydrogen-bond donors (Lipinski definition) is 1. The molecule has 1 amide bonds. The zero-order valence-corrected chi connectivity index (χ0v) is 16.0. The molecule has 3 rings (SSSR count). The van der Waals surface area contributed by atoms with Crippen molar-refractivity contribution in [3.8, 4) is 11.4 Å². The largest absolute Gasteiger partial charge is 0.325 e. The molecule has 0 spiro atoms. The number of carbonyl (C=O) groups excluding carboxylic acids is 1. The first-order chi connectivity index (χ1) is 13.5. The number of nitrogens with one attached hydrogen (secondary N) is 1. The number of aryl methyl sites for hydroxylation is 1. The minimum absolute atomic E-state index is 0.0441. The minimum Gasteiger partial charge on any atom is -0.325 e. The lowest BCUT2D eigenvalue weighted by Crippen LogP contribution is -2.15. The Kier molecular flexibility index (Phi) is 6.20. The van der Waals surface area contributed by atoms with Gasteiger partial charge in [-0.15, -0.1) is 16.8 Å². The second-order valence-electron chi connectivity index (χ2n) is 5.98. The smallest absolute Gasteiger partial charge is 0.234 e. The Morgan fingerprint density at radius 3 is 2.79 bits per heavy atom. The Hall–Kier alpha value is -3.00. The van der Waals surface area contributed by atoms with Crippen LogP contribution >= 0.6 is 11.8 Å². The monoisotopic (exact) mass is 400 g/mol. The number of allylic oxidation sites excluding steroid dienone is 1. The van der Waals surface area contributed by atoms with Crippen molar-refractivity contribution in [1.82, 2.24) is 14.8 Å². The van der Waals surface area contributed by atoms with E-state index in [9.17, 15) is 13.6 Å². The van der Waals surface area contributed by atoms with Crippen molar-refractivity contribution in [2.75, 3.05) is 11.1 Å². The molecule has 0 saturated heterocycles. The summed E-state index contributed by atoms with van der Waals surface area (Å²) in [5.41, 5.74) is 1.50. The summed E-state index contributed by atoms with van der Waals surface area (Å²) in [5, 5.41) is 11.3. The van der Waals surface area contributed by atoms with Gasteiger partial charge in [0.2, 0.25) is 5.91 Å². The SMILES string of the molecule is C=CCn1c(SCC(=O)Nc2cc(F)ccc2C)nnc1-c1ccccc1F. The third-order valence-electron chi connectivity index (χ3n) is 3.95. The molecule has 0 aliphatic carbocycles. The van der Waals surface area contributed by atoms with Crippen LogP contribution in [0.4, 0.5) is 14.5 Å². The van der Waals surface area contributed by atoms with E-state index in [0.717, 1.165) is 17.3 Å². The van der Waals surface area contributed by atoms with Gasteiger partial charge < -0.3 is 5.32 Å². The molecular formula is C20H18F2N4OS. The fourth-order valence-corrected chi connectivity index (χ4v) is 3.32. The van der Waals surface area contributed by atoms with Gasteiger partial charge in [-0.05, 0) is 36.8 Å². The zero-order chi connectivity index (χ0) is 20.1. The van der Waals surface area contributed by atoms with Crippen LogP contribution in [-0.4, -0.2) is 26.4 Å². The maximum absolute atomic E-state index is 14.1. The van der Waals surface area contributed by atoms with Crippen LogP contribution in [0.15, 0.2) is 60.3 Å². The van der Waals surface area contributed by atoms with Crippen LogP contribution in [0, 0.1) is 18.6 Å². The number of benzene rings is 2. The molecule has 1 N–H and O–H groups in total. The molecule has 0 saturated carbocycles. The summed E-state index contributed by atoms with van der Waals surface area (Å²) in [7, 11) is 0. The predicted molar refractivity (Wildman–Crippen MR) is 106 cm³/mol. The second kappa shape index (κ2) is 8.79. The molecule has 0 aliphatic rings. The Balaban J connectivity index is 1.75. The standard InChI is InChI=1S/C20H18F2N4OS/c1-3-10-26-19(15-6-4-5-7-16(15)22)24-25-20(26)28-12-18(27)23-17-11-14(21)9-8-13(17)2/h3-9,11H,1,10,12H2,2H3,(H,23,27). The van der Waals surface area contributed by atoms with Gasteiger partial charge in [-0.2, -0.15) is 0 Å². The number of halogens is 2. The van der Waals surface area contributed by atoms with E-state index < -0.39 is 11.6 Å². The molecule has 0 radical (unpaired) electrons. The van der Waals surface area contributed by atoms with Gasteiger partial charge in [0.1, 0.15) is 11.6 Å². The molecule has 5 nitrogen and oxygen atoms in total. The van der Waals surface area contributed by atoms with Gasteiger partial charge in [0.15, 0.2) is 11.0 Å². The summed E-state index contributed by atoms with van der Waals surface area (Å²) >= 11 is 1.16. The first kappa shape index (κ1) is 19.8. The van der Waals surface area contributed by atoms with E-state index in [1.165, 1.54) is 18.2 Å². The van der Waals surface area contributed by atoms with Crippen molar-refractivity contribution >= 4 is 23.4 Å². The zero-order valence-electron chi connectivity index (χ0n) is 15.2. The quantitative estimate of drug-likeness (QED) is 0.470. The summed E-state index contributed by atoms with van der Waals surface area (Å²) in [5.74, 6) is -0.728. The number of carbonyl (C=O) groups is 1. The number of nitrogens with zero attached hydrogens (tertiary/aromatic N) is 3. The summed E-state index contributed by atoms with van der Waals surface area (Å²) in [6, 6.07) is 10.5. The van der Waals surface area contributed by atoms with Gasteiger partial charge in [-0.3, -0.25) is 9.36 Å². The van der Waals surface area contributed by atoms with Gasteiger partial charge in [0.05, 0.1) is 11.3 Å². The van der Waals surface area contributed by atoms with Gasteiger partial charge in [-0.1, -0.05) is 36.0 Å². The average Bonchev–Trinajstić information content (AvgIpc) is 3.06. The normalized spacial score (nSPS) is 10.7. The first-order valence-corrected chi connectivity index (χ1v) is 9.46. The number of anilines is 1. The van der Waals surface area contributed by atoms with Gasteiger partial charge in [0.25, 0.3) is 0 Å². The molecular weight excluding hydrogens is 382 g/mol. The fourth-order valence-electron chi connectivity index (χ4n) is 2.58. The third-order valence-corrected chi connectivity index (χ3v) is 4.92. The predicted octanol–water partition coefficient (Wildman–Crippen LogP) is 4.45. The lowest BCUT2D eigenvalue weighted by atomic mass is 10.2. The average molecular weight is 400 g/mol. The number of hydrogen-bond acceptors (Lipinski definition) is 4. The summed E-state index contributed by atoms with van der Waals surface area (Å²) in [6.07, 6.45) is 1.65. The molecule has 0 bridgehead atoms. The van der Waals surface area contributed by atoms with Crippen molar-refractivity contribution in [2.45, 2.75) is 18.6 Å². The van der Waals surface area contributed by atoms with E-state index in [2.05, 4.69) is 22.1 Å². The Bertz CT molecular complexity index is 1020. The van der Waals surface area contributed by atoms with Crippen LogP contribution in [0.5, 0.6) is 0 Å². The molecule has 144 valence electrons. The molecule has 28 heavy (non-hydrogen) atoms. The molecule has 0 aliphatic heterocycles. The highest BCUT2D eigenvalue weighted by Crippen LogP contribution is 2.26. The summed E-state index contributed by atoms with van der Waals surface area (Å²) in [4.78, 5) is 12.3.